The van der Waals surface area contributed by atoms with Crippen LogP contribution < -0.4 is 4.90 Å². The lowest BCUT2D eigenvalue weighted by atomic mass is 10.1. The van der Waals surface area contributed by atoms with Crippen LogP contribution in [0.3, 0.4) is 0 Å². The molecule has 26 heavy (non-hydrogen) atoms. The summed E-state index contributed by atoms with van der Waals surface area (Å²) in [5.41, 5.74) is 3.69. The van der Waals surface area contributed by atoms with Crippen LogP contribution in [0.25, 0.3) is 0 Å². The number of carbonyl (C=O) groups is 1. The van der Waals surface area contributed by atoms with Crippen LogP contribution in [0.15, 0.2) is 28.4 Å². The third-order valence-electron chi connectivity index (χ3n) is 3.83. The number of aryl methyl sites for hydroxylation is 2. The number of aromatic nitrogens is 1. The smallest absolute Gasteiger partial charge is 0.304 e. The van der Waals surface area contributed by atoms with Gasteiger partial charge in [0.05, 0.1) is 11.4 Å². The predicted octanol–water partition coefficient (Wildman–Crippen LogP) is 4.78. The summed E-state index contributed by atoms with van der Waals surface area (Å²) >= 11 is 1.16. The summed E-state index contributed by atoms with van der Waals surface area (Å²) in [6.07, 6.45) is -0.359. The minimum atomic E-state index is -0.359. The number of nitrogens with zero attached hydrogens (tertiary/aromatic N) is 5. The molecule has 0 N–H and O–H groups in total. The van der Waals surface area contributed by atoms with Crippen LogP contribution >= 0.6 is 11.5 Å². The number of esters is 1. The number of hydrogen-bond donors (Lipinski definition) is 0. The highest BCUT2D eigenvalue weighted by Crippen LogP contribution is 2.31. The number of anilines is 1. The second-order valence-electron chi connectivity index (χ2n) is 5.73. The lowest BCUT2D eigenvalue weighted by molar-refractivity contribution is -0.145. The predicted molar refractivity (Wildman–Crippen MR) is 101 cm³/mol. The van der Waals surface area contributed by atoms with Gasteiger partial charge >= 0.3 is 5.97 Å². The Balaban J connectivity index is 2.25. The van der Waals surface area contributed by atoms with E-state index in [0.717, 1.165) is 22.8 Å². The van der Waals surface area contributed by atoms with Crippen molar-refractivity contribution < 1.29 is 9.53 Å². The minimum Gasteiger partial charge on any atom is -0.442 e. The van der Waals surface area contributed by atoms with Crippen molar-refractivity contribution in [3.63, 3.8) is 0 Å². The maximum atomic E-state index is 11.2. The first-order valence-corrected chi connectivity index (χ1v) is 8.97. The molecule has 0 fully saturated rings. The van der Waals surface area contributed by atoms with E-state index < -0.39 is 0 Å². The molecule has 0 saturated carbocycles. The highest BCUT2D eigenvalue weighted by atomic mass is 32.1. The van der Waals surface area contributed by atoms with Crippen LogP contribution in [-0.4, -0.2) is 23.1 Å². The zero-order valence-electron chi connectivity index (χ0n) is 15.5. The Morgan fingerprint density at radius 2 is 2.15 bits per heavy atom. The summed E-state index contributed by atoms with van der Waals surface area (Å²) in [4.78, 5) is 13.2. The third kappa shape index (κ3) is 4.43. The van der Waals surface area contributed by atoms with Crippen LogP contribution in [0.1, 0.15) is 37.6 Å². The van der Waals surface area contributed by atoms with Crippen molar-refractivity contribution in [2.45, 2.75) is 40.8 Å². The van der Waals surface area contributed by atoms with Crippen LogP contribution in [0.4, 0.5) is 16.4 Å². The lowest BCUT2D eigenvalue weighted by Crippen LogP contribution is -2.36. The number of hydrogen-bond acceptors (Lipinski definition) is 8. The number of rotatable bonds is 6. The Hall–Kier alpha value is -2.79. The average Bonchev–Trinajstić information content (AvgIpc) is 2.94. The molecule has 0 aliphatic heterocycles. The Morgan fingerprint density at radius 3 is 2.73 bits per heavy atom. The SMILES string of the molecule is CCN(c1ccc(N=Nc2snc(C)c2C#N)c(C)c1)C(C)OC(C)=O. The molecule has 8 heteroatoms. The fourth-order valence-corrected chi connectivity index (χ4v) is 3.21. The Labute approximate surface area is 157 Å². The molecule has 0 saturated heterocycles. The largest absolute Gasteiger partial charge is 0.442 e. The van der Waals surface area contributed by atoms with Gasteiger partial charge in [-0.1, -0.05) is 0 Å². The summed E-state index contributed by atoms with van der Waals surface area (Å²) < 4.78 is 9.40. The van der Waals surface area contributed by atoms with Crippen LogP contribution in [-0.2, 0) is 9.53 Å². The molecule has 0 spiro atoms. The maximum Gasteiger partial charge on any atom is 0.304 e. The van der Waals surface area contributed by atoms with Gasteiger partial charge in [0, 0.05) is 19.2 Å². The first-order chi connectivity index (χ1) is 12.4. The average molecular weight is 371 g/mol. The van der Waals surface area contributed by atoms with E-state index in [9.17, 15) is 4.79 Å². The molecule has 7 nitrogen and oxygen atoms in total. The molecule has 1 unspecified atom stereocenters. The van der Waals surface area contributed by atoms with E-state index in [1.54, 1.807) is 6.92 Å². The van der Waals surface area contributed by atoms with E-state index in [-0.39, 0.29) is 12.2 Å². The Bertz CT molecular complexity index is 869. The topological polar surface area (TPSA) is 90.9 Å². The van der Waals surface area contributed by atoms with Gasteiger partial charge in [-0.05, 0) is 63.0 Å². The Morgan fingerprint density at radius 1 is 1.42 bits per heavy atom. The van der Waals surface area contributed by atoms with Gasteiger partial charge in [0.25, 0.3) is 0 Å². The number of ether oxygens (including phenoxy) is 1. The van der Waals surface area contributed by atoms with Crippen LogP contribution in [0.5, 0.6) is 0 Å². The van der Waals surface area contributed by atoms with Gasteiger partial charge in [0.1, 0.15) is 11.6 Å². The second-order valence-corrected chi connectivity index (χ2v) is 6.48. The summed E-state index contributed by atoms with van der Waals surface area (Å²) in [6, 6.07) is 7.84. The number of azo groups is 1. The van der Waals surface area contributed by atoms with E-state index in [1.807, 2.05) is 43.9 Å². The first kappa shape index (κ1) is 19.5. The van der Waals surface area contributed by atoms with Crippen LogP contribution in [0.2, 0.25) is 0 Å². The molecule has 1 atom stereocenters. The van der Waals surface area contributed by atoms with Gasteiger partial charge in [-0.15, -0.1) is 10.2 Å². The number of benzene rings is 1. The summed E-state index contributed by atoms with van der Waals surface area (Å²) in [6.45, 7) is 9.64. The third-order valence-corrected chi connectivity index (χ3v) is 4.66. The molecular weight excluding hydrogens is 350 g/mol. The van der Waals surface area contributed by atoms with Crippen molar-refractivity contribution in [1.82, 2.24) is 4.37 Å². The number of nitriles is 1. The summed E-state index contributed by atoms with van der Waals surface area (Å²) in [5.74, 6) is -0.314. The maximum absolute atomic E-state index is 11.2. The second kappa shape index (κ2) is 8.54. The molecule has 1 aromatic heterocycles. The zero-order chi connectivity index (χ0) is 19.3. The monoisotopic (exact) mass is 371 g/mol. The van der Waals surface area contributed by atoms with Crippen molar-refractivity contribution in [3.05, 3.63) is 35.0 Å². The highest BCUT2D eigenvalue weighted by molar-refractivity contribution is 7.10. The molecule has 0 radical (unpaired) electrons. The molecule has 0 aliphatic carbocycles. The normalized spacial score (nSPS) is 12.0. The Kier molecular flexibility index (Phi) is 6.41. The van der Waals surface area contributed by atoms with E-state index >= 15 is 0 Å². The first-order valence-electron chi connectivity index (χ1n) is 8.20. The van der Waals surface area contributed by atoms with Gasteiger partial charge in [0.2, 0.25) is 0 Å². The van der Waals surface area contributed by atoms with Gasteiger partial charge in [-0.25, -0.2) is 0 Å². The lowest BCUT2D eigenvalue weighted by Gasteiger charge is -2.29. The van der Waals surface area contributed by atoms with Crippen molar-refractivity contribution in [2.75, 3.05) is 11.4 Å². The fraction of sp³-hybridized carbons (Fsp3) is 0.389. The van der Waals surface area contributed by atoms with Crippen molar-refractivity contribution >= 4 is 33.9 Å². The van der Waals surface area contributed by atoms with Gasteiger partial charge in [0.15, 0.2) is 11.2 Å². The summed E-state index contributed by atoms with van der Waals surface area (Å²) in [5, 5.41) is 18.1. The molecule has 2 rings (SSSR count). The van der Waals surface area contributed by atoms with E-state index in [1.165, 1.54) is 6.92 Å². The van der Waals surface area contributed by atoms with E-state index in [2.05, 4.69) is 20.7 Å². The molecular formula is C18H21N5O2S. The van der Waals surface area contributed by atoms with Gasteiger partial charge < -0.3 is 9.64 Å². The van der Waals surface area contributed by atoms with Crippen molar-refractivity contribution in [1.29, 1.82) is 5.26 Å². The molecule has 0 bridgehead atoms. The molecule has 1 heterocycles. The molecule has 2 aromatic rings. The summed E-state index contributed by atoms with van der Waals surface area (Å²) in [7, 11) is 0. The minimum absolute atomic E-state index is 0.314. The van der Waals surface area contributed by atoms with E-state index in [4.69, 9.17) is 10.00 Å². The molecule has 0 aliphatic rings. The van der Waals surface area contributed by atoms with Crippen LogP contribution in [0, 0.1) is 25.2 Å². The van der Waals surface area contributed by atoms with E-state index in [0.29, 0.717) is 28.5 Å². The zero-order valence-corrected chi connectivity index (χ0v) is 16.3. The van der Waals surface area contributed by atoms with Crippen molar-refractivity contribution in [2.24, 2.45) is 10.2 Å². The molecule has 136 valence electrons. The van der Waals surface area contributed by atoms with Gasteiger partial charge in [-0.3, -0.25) is 4.79 Å². The van der Waals surface area contributed by atoms with Gasteiger partial charge in [-0.2, -0.15) is 9.64 Å². The standard InChI is InChI=1S/C18H21N5O2S/c1-6-23(13(4)25-14(5)24)15-7-8-17(11(2)9-15)20-21-18-16(10-19)12(3)22-26-18/h7-9,13H,6H2,1-5H3. The fourth-order valence-electron chi connectivity index (χ4n) is 2.54. The quantitative estimate of drug-likeness (QED) is 0.414. The van der Waals surface area contributed by atoms with Crippen molar-refractivity contribution in [3.8, 4) is 6.07 Å². The molecule has 1 aromatic carbocycles. The highest BCUT2D eigenvalue weighted by Gasteiger charge is 2.16. The number of carbonyl (C=O) groups excluding carboxylic acids is 1. The molecule has 0 amide bonds.